The molecule has 1 aliphatic heterocycles. The zero-order valence-corrected chi connectivity index (χ0v) is 15.0. The number of nitrogens with one attached hydrogen (secondary N) is 1. The molecular weight excluding hydrogens is 314 g/mol. The first-order valence-corrected chi connectivity index (χ1v) is 8.78. The van der Waals surface area contributed by atoms with E-state index in [1.807, 2.05) is 41.2 Å². The Morgan fingerprint density at radius 1 is 1.36 bits per heavy atom. The molecule has 1 unspecified atom stereocenters. The monoisotopic (exact) mass is 341 g/mol. The molecule has 1 atom stereocenters. The number of benzene rings is 1. The number of carbonyl (C=O) groups excluding carboxylic acids is 1. The van der Waals surface area contributed by atoms with Gasteiger partial charge in [0.05, 0.1) is 18.4 Å². The fourth-order valence-corrected chi connectivity index (χ4v) is 3.25. The average molecular weight is 341 g/mol. The van der Waals surface area contributed by atoms with E-state index in [1.165, 1.54) is 0 Å². The molecule has 1 fully saturated rings. The number of aromatic nitrogens is 2. The van der Waals surface area contributed by atoms with Crippen LogP contribution in [0.5, 0.6) is 0 Å². The van der Waals surface area contributed by atoms with E-state index in [-0.39, 0.29) is 17.4 Å². The first kappa shape index (κ1) is 17.6. The lowest BCUT2D eigenvalue weighted by Crippen LogP contribution is -2.54. The van der Waals surface area contributed by atoms with E-state index in [0.717, 1.165) is 30.8 Å². The van der Waals surface area contributed by atoms with E-state index in [2.05, 4.69) is 29.2 Å². The number of nitrogens with zero attached hydrogens (tertiary/aromatic N) is 3. The van der Waals surface area contributed by atoms with Crippen LogP contribution in [0, 0.1) is 5.41 Å². The summed E-state index contributed by atoms with van der Waals surface area (Å²) in [6.45, 7) is 6.97. The second-order valence-electron chi connectivity index (χ2n) is 7.50. The summed E-state index contributed by atoms with van der Waals surface area (Å²) in [6.07, 6.45) is 4.67. The van der Waals surface area contributed by atoms with Crippen molar-refractivity contribution in [2.24, 2.45) is 11.1 Å². The van der Waals surface area contributed by atoms with Crippen LogP contribution in [0.1, 0.15) is 25.8 Å². The van der Waals surface area contributed by atoms with Crippen LogP contribution in [0.4, 0.5) is 0 Å². The topological polar surface area (TPSA) is 76.2 Å². The molecule has 6 nitrogen and oxygen atoms in total. The molecule has 1 amide bonds. The fraction of sp³-hybridized carbons (Fsp3) is 0.474. The van der Waals surface area contributed by atoms with Crippen molar-refractivity contribution in [2.45, 2.75) is 32.9 Å². The van der Waals surface area contributed by atoms with Crippen molar-refractivity contribution < 1.29 is 4.79 Å². The van der Waals surface area contributed by atoms with Crippen LogP contribution in [0.2, 0.25) is 0 Å². The van der Waals surface area contributed by atoms with Gasteiger partial charge in [0, 0.05) is 37.4 Å². The van der Waals surface area contributed by atoms with Crippen LogP contribution >= 0.6 is 0 Å². The molecule has 25 heavy (non-hydrogen) atoms. The van der Waals surface area contributed by atoms with Crippen molar-refractivity contribution in [3.8, 4) is 5.69 Å². The third-order valence-electron chi connectivity index (χ3n) is 4.90. The third kappa shape index (κ3) is 4.46. The van der Waals surface area contributed by atoms with Gasteiger partial charge in [-0.05, 0) is 24.0 Å². The van der Waals surface area contributed by atoms with E-state index in [1.54, 1.807) is 6.20 Å². The molecular formula is C19H27N5O. The van der Waals surface area contributed by atoms with Gasteiger partial charge in [0.15, 0.2) is 0 Å². The summed E-state index contributed by atoms with van der Waals surface area (Å²) >= 11 is 0. The lowest BCUT2D eigenvalue weighted by Gasteiger charge is -2.42. The van der Waals surface area contributed by atoms with Crippen molar-refractivity contribution >= 4 is 5.91 Å². The predicted molar refractivity (Wildman–Crippen MR) is 98.2 cm³/mol. The SMILES string of the molecule is CC1(C)CN(CC(=O)NCc2cnn(-c3ccccc3)c2)CCC1N. The maximum Gasteiger partial charge on any atom is 0.234 e. The summed E-state index contributed by atoms with van der Waals surface area (Å²) in [4.78, 5) is 14.4. The van der Waals surface area contributed by atoms with E-state index >= 15 is 0 Å². The number of carbonyl (C=O) groups is 1. The molecule has 3 N–H and O–H groups in total. The molecule has 3 rings (SSSR count). The Balaban J connectivity index is 1.49. The van der Waals surface area contributed by atoms with Crippen LogP contribution in [-0.2, 0) is 11.3 Å². The molecule has 0 spiro atoms. The van der Waals surface area contributed by atoms with Gasteiger partial charge in [-0.15, -0.1) is 0 Å². The number of hydrogen-bond donors (Lipinski definition) is 2. The molecule has 2 heterocycles. The van der Waals surface area contributed by atoms with Gasteiger partial charge in [0.25, 0.3) is 0 Å². The summed E-state index contributed by atoms with van der Waals surface area (Å²) < 4.78 is 1.82. The number of piperidine rings is 1. The maximum atomic E-state index is 12.2. The fourth-order valence-electron chi connectivity index (χ4n) is 3.25. The normalized spacial score (nSPS) is 20.4. The molecule has 1 aliphatic rings. The second kappa shape index (κ2) is 7.37. The minimum absolute atomic E-state index is 0.0405. The van der Waals surface area contributed by atoms with Gasteiger partial charge in [-0.1, -0.05) is 32.0 Å². The Morgan fingerprint density at radius 3 is 2.84 bits per heavy atom. The minimum Gasteiger partial charge on any atom is -0.351 e. The van der Waals surface area contributed by atoms with Gasteiger partial charge >= 0.3 is 0 Å². The quantitative estimate of drug-likeness (QED) is 0.865. The Bertz CT molecular complexity index is 710. The zero-order chi connectivity index (χ0) is 17.9. The highest BCUT2D eigenvalue weighted by Crippen LogP contribution is 2.27. The van der Waals surface area contributed by atoms with Crippen LogP contribution < -0.4 is 11.1 Å². The third-order valence-corrected chi connectivity index (χ3v) is 4.90. The van der Waals surface area contributed by atoms with Gasteiger partial charge < -0.3 is 11.1 Å². The van der Waals surface area contributed by atoms with Gasteiger partial charge in [-0.3, -0.25) is 9.69 Å². The number of rotatable bonds is 5. The number of hydrogen-bond acceptors (Lipinski definition) is 4. The van der Waals surface area contributed by atoms with Crippen LogP contribution in [-0.4, -0.2) is 46.3 Å². The molecule has 2 aromatic rings. The van der Waals surface area contributed by atoms with Crippen LogP contribution in [0.25, 0.3) is 5.69 Å². The van der Waals surface area contributed by atoms with Crippen molar-refractivity contribution in [2.75, 3.05) is 19.6 Å². The van der Waals surface area contributed by atoms with E-state index in [9.17, 15) is 4.79 Å². The lowest BCUT2D eigenvalue weighted by atomic mass is 9.80. The molecule has 134 valence electrons. The molecule has 1 aromatic heterocycles. The molecule has 0 aliphatic carbocycles. The summed E-state index contributed by atoms with van der Waals surface area (Å²) in [7, 11) is 0. The van der Waals surface area contributed by atoms with Crippen molar-refractivity contribution in [3.63, 3.8) is 0 Å². The van der Waals surface area contributed by atoms with Gasteiger partial charge in [0.2, 0.25) is 5.91 Å². The van der Waals surface area contributed by atoms with Crippen molar-refractivity contribution in [1.82, 2.24) is 20.0 Å². The Kier molecular flexibility index (Phi) is 5.20. The summed E-state index contributed by atoms with van der Waals surface area (Å²) in [5.41, 5.74) is 8.20. The van der Waals surface area contributed by atoms with E-state index < -0.39 is 0 Å². The number of nitrogens with two attached hydrogens (primary N) is 1. The van der Waals surface area contributed by atoms with Crippen LogP contribution in [0.3, 0.4) is 0 Å². The first-order valence-electron chi connectivity index (χ1n) is 8.78. The number of amides is 1. The standard InChI is InChI=1S/C19H27N5O/c1-19(2)14-23(9-8-17(19)20)13-18(25)21-10-15-11-22-24(12-15)16-6-4-3-5-7-16/h3-7,11-12,17H,8-10,13-14,20H2,1-2H3,(H,21,25). The highest BCUT2D eigenvalue weighted by atomic mass is 16.2. The molecule has 0 radical (unpaired) electrons. The predicted octanol–water partition coefficient (Wildman–Crippen LogP) is 1.55. The average Bonchev–Trinajstić information content (AvgIpc) is 3.06. The Hall–Kier alpha value is -2.18. The largest absolute Gasteiger partial charge is 0.351 e. The Labute approximate surface area is 149 Å². The van der Waals surface area contributed by atoms with Gasteiger partial charge in [-0.2, -0.15) is 5.10 Å². The van der Waals surface area contributed by atoms with Gasteiger partial charge in [0.1, 0.15) is 0 Å². The summed E-state index contributed by atoms with van der Waals surface area (Å²) in [5.74, 6) is 0.0405. The first-order chi connectivity index (χ1) is 11.9. The molecule has 0 saturated carbocycles. The smallest absolute Gasteiger partial charge is 0.234 e. The van der Waals surface area contributed by atoms with Crippen molar-refractivity contribution in [1.29, 1.82) is 0 Å². The van der Waals surface area contributed by atoms with E-state index in [0.29, 0.717) is 13.1 Å². The summed E-state index contributed by atoms with van der Waals surface area (Å²) in [6, 6.07) is 10.1. The summed E-state index contributed by atoms with van der Waals surface area (Å²) in [5, 5.41) is 7.33. The molecule has 1 saturated heterocycles. The second-order valence-corrected chi connectivity index (χ2v) is 7.50. The zero-order valence-electron chi connectivity index (χ0n) is 15.0. The number of para-hydroxylation sites is 1. The Morgan fingerprint density at radius 2 is 2.12 bits per heavy atom. The highest BCUT2D eigenvalue weighted by molar-refractivity contribution is 5.78. The highest BCUT2D eigenvalue weighted by Gasteiger charge is 2.33. The maximum absolute atomic E-state index is 12.2. The van der Waals surface area contributed by atoms with Gasteiger partial charge in [-0.25, -0.2) is 4.68 Å². The molecule has 1 aromatic carbocycles. The minimum atomic E-state index is 0.0405. The van der Waals surface area contributed by atoms with Crippen LogP contribution in [0.15, 0.2) is 42.7 Å². The lowest BCUT2D eigenvalue weighted by molar-refractivity contribution is -0.123. The molecule has 0 bridgehead atoms. The molecule has 6 heteroatoms. The van der Waals surface area contributed by atoms with E-state index in [4.69, 9.17) is 5.73 Å². The number of likely N-dealkylation sites (tertiary alicyclic amines) is 1. The van der Waals surface area contributed by atoms with Crippen molar-refractivity contribution in [3.05, 3.63) is 48.3 Å².